The number of nitrogens with zero attached hydrogens (tertiary/aromatic N) is 4. The lowest BCUT2D eigenvalue weighted by atomic mass is 9.95. The van der Waals surface area contributed by atoms with Crippen LogP contribution in [0.25, 0.3) is 0 Å². The minimum Gasteiger partial charge on any atom is -0.329 e. The first-order valence-electron chi connectivity index (χ1n) is 6.05. The summed E-state index contributed by atoms with van der Waals surface area (Å²) >= 11 is 0. The van der Waals surface area contributed by atoms with Crippen LogP contribution in [-0.2, 0) is 11.8 Å². The van der Waals surface area contributed by atoms with E-state index in [9.17, 15) is 10.1 Å². The maximum absolute atomic E-state index is 12.1. The molecule has 2 heterocycles. The highest BCUT2D eigenvalue weighted by molar-refractivity contribution is 5.81. The molecule has 2 rings (SSSR count). The summed E-state index contributed by atoms with van der Waals surface area (Å²) in [5, 5.41) is 13.4. The summed E-state index contributed by atoms with van der Waals surface area (Å²) in [4.78, 5) is 13.9. The number of carbonyl (C=O) groups excluding carboxylic acids is 1. The van der Waals surface area contributed by atoms with Crippen LogP contribution in [0.15, 0.2) is 12.4 Å². The molecule has 18 heavy (non-hydrogen) atoms. The summed E-state index contributed by atoms with van der Waals surface area (Å²) in [5.74, 6) is -0.246. The average Bonchev–Trinajstić information content (AvgIpc) is 2.80. The Kier molecular flexibility index (Phi) is 2.89. The first kappa shape index (κ1) is 12.6. The SMILES string of the molecule is Cn1cc([C@@H]2[C@@H](C#N)CC(=O)N2C(C)(C)C)cn1. The zero-order valence-corrected chi connectivity index (χ0v) is 11.2. The Labute approximate surface area is 107 Å². The van der Waals surface area contributed by atoms with Gasteiger partial charge in [-0.1, -0.05) is 0 Å². The van der Waals surface area contributed by atoms with Crippen molar-refractivity contribution in [3.05, 3.63) is 18.0 Å². The van der Waals surface area contributed by atoms with Crippen molar-refractivity contribution in [1.29, 1.82) is 5.26 Å². The highest BCUT2D eigenvalue weighted by Crippen LogP contribution is 2.41. The molecule has 1 aliphatic heterocycles. The number of hydrogen-bond acceptors (Lipinski definition) is 3. The van der Waals surface area contributed by atoms with E-state index < -0.39 is 0 Å². The molecular weight excluding hydrogens is 228 g/mol. The molecule has 96 valence electrons. The van der Waals surface area contributed by atoms with Gasteiger partial charge in [0.05, 0.1) is 24.2 Å². The largest absolute Gasteiger partial charge is 0.329 e. The van der Waals surface area contributed by atoms with Crippen molar-refractivity contribution in [3.63, 3.8) is 0 Å². The maximum atomic E-state index is 12.1. The summed E-state index contributed by atoms with van der Waals surface area (Å²) in [7, 11) is 1.84. The molecule has 0 unspecified atom stereocenters. The number of amides is 1. The van der Waals surface area contributed by atoms with Crippen molar-refractivity contribution in [3.8, 4) is 6.07 Å². The number of likely N-dealkylation sites (tertiary alicyclic amines) is 1. The van der Waals surface area contributed by atoms with Crippen LogP contribution in [0.5, 0.6) is 0 Å². The second kappa shape index (κ2) is 4.13. The van der Waals surface area contributed by atoms with Crippen LogP contribution in [-0.4, -0.2) is 26.1 Å². The summed E-state index contributed by atoms with van der Waals surface area (Å²) < 4.78 is 1.70. The Morgan fingerprint density at radius 3 is 2.61 bits per heavy atom. The molecule has 1 saturated heterocycles. The molecule has 1 aromatic rings. The fraction of sp³-hybridized carbons (Fsp3) is 0.615. The molecule has 0 spiro atoms. The van der Waals surface area contributed by atoms with Gasteiger partial charge in [0.2, 0.25) is 5.91 Å². The van der Waals surface area contributed by atoms with Crippen LogP contribution < -0.4 is 0 Å². The predicted molar refractivity (Wildman–Crippen MR) is 66.3 cm³/mol. The zero-order chi connectivity index (χ0) is 13.5. The Bertz CT molecular complexity index is 506. The molecule has 1 fully saturated rings. The number of hydrogen-bond donors (Lipinski definition) is 0. The van der Waals surface area contributed by atoms with Gasteiger partial charge in [-0.15, -0.1) is 0 Å². The van der Waals surface area contributed by atoms with E-state index in [0.717, 1.165) is 5.56 Å². The molecule has 0 saturated carbocycles. The second-order valence-electron chi connectivity index (χ2n) is 5.77. The first-order valence-corrected chi connectivity index (χ1v) is 6.05. The first-order chi connectivity index (χ1) is 8.34. The number of aryl methyl sites for hydroxylation is 1. The van der Waals surface area contributed by atoms with Crippen molar-refractivity contribution in [2.45, 2.75) is 38.8 Å². The lowest BCUT2D eigenvalue weighted by molar-refractivity contribution is -0.133. The number of aromatic nitrogens is 2. The van der Waals surface area contributed by atoms with E-state index >= 15 is 0 Å². The minimum absolute atomic E-state index is 0.0444. The molecule has 0 bridgehead atoms. The van der Waals surface area contributed by atoms with Crippen LogP contribution in [0.1, 0.15) is 38.8 Å². The standard InChI is InChI=1S/C13H18N4O/c1-13(2,3)17-11(18)5-9(6-14)12(17)10-7-15-16(4)8-10/h7-9,12H,5H2,1-4H3/t9-,12+/m1/s1. The molecule has 5 nitrogen and oxygen atoms in total. The van der Waals surface area contributed by atoms with Crippen LogP contribution in [0.3, 0.4) is 0 Å². The molecule has 1 amide bonds. The van der Waals surface area contributed by atoms with E-state index in [1.54, 1.807) is 10.9 Å². The summed E-state index contributed by atoms with van der Waals surface area (Å²) in [6.45, 7) is 5.98. The quantitative estimate of drug-likeness (QED) is 0.756. The van der Waals surface area contributed by atoms with Crippen LogP contribution in [0.4, 0.5) is 0 Å². The van der Waals surface area contributed by atoms with Gasteiger partial charge < -0.3 is 4.90 Å². The average molecular weight is 246 g/mol. The molecule has 5 heteroatoms. The Balaban J connectivity index is 2.45. The molecule has 0 aliphatic carbocycles. The summed E-state index contributed by atoms with van der Waals surface area (Å²) in [6, 6.07) is 2.07. The zero-order valence-electron chi connectivity index (χ0n) is 11.2. The third kappa shape index (κ3) is 1.99. The van der Waals surface area contributed by atoms with Crippen molar-refractivity contribution in [2.75, 3.05) is 0 Å². The topological polar surface area (TPSA) is 61.9 Å². The minimum atomic E-state index is -0.291. The monoisotopic (exact) mass is 246 g/mol. The highest BCUT2D eigenvalue weighted by Gasteiger charge is 2.46. The van der Waals surface area contributed by atoms with Crippen molar-refractivity contribution >= 4 is 5.91 Å². The van der Waals surface area contributed by atoms with E-state index in [0.29, 0.717) is 6.42 Å². The summed E-state index contributed by atoms with van der Waals surface area (Å²) in [5.41, 5.74) is 0.647. The van der Waals surface area contributed by atoms with Gasteiger partial charge in [-0.2, -0.15) is 10.4 Å². The maximum Gasteiger partial charge on any atom is 0.224 e. The molecule has 2 atom stereocenters. The van der Waals surface area contributed by atoms with Gasteiger partial charge in [0.15, 0.2) is 0 Å². The Morgan fingerprint density at radius 1 is 1.50 bits per heavy atom. The van der Waals surface area contributed by atoms with Gasteiger partial charge in [-0.05, 0) is 20.8 Å². The number of carbonyl (C=O) groups is 1. The molecule has 0 radical (unpaired) electrons. The van der Waals surface area contributed by atoms with Gasteiger partial charge in [-0.25, -0.2) is 0 Å². The smallest absolute Gasteiger partial charge is 0.224 e. The predicted octanol–water partition coefficient (Wildman–Crippen LogP) is 1.63. The number of nitriles is 1. The molecule has 1 aliphatic rings. The fourth-order valence-corrected chi connectivity index (χ4v) is 2.62. The second-order valence-corrected chi connectivity index (χ2v) is 5.77. The Morgan fingerprint density at radius 2 is 2.17 bits per heavy atom. The van der Waals surface area contributed by atoms with E-state index in [4.69, 9.17) is 0 Å². The van der Waals surface area contributed by atoms with Gasteiger partial charge in [0.25, 0.3) is 0 Å². The molecular formula is C13H18N4O. The highest BCUT2D eigenvalue weighted by atomic mass is 16.2. The van der Waals surface area contributed by atoms with Crippen molar-refractivity contribution < 1.29 is 4.79 Å². The van der Waals surface area contributed by atoms with Crippen LogP contribution in [0, 0.1) is 17.2 Å². The van der Waals surface area contributed by atoms with E-state index in [1.807, 2.05) is 38.9 Å². The molecule has 0 N–H and O–H groups in total. The van der Waals surface area contributed by atoms with Crippen LogP contribution in [0.2, 0.25) is 0 Å². The van der Waals surface area contributed by atoms with E-state index in [1.165, 1.54) is 0 Å². The van der Waals surface area contributed by atoms with Crippen molar-refractivity contribution in [1.82, 2.24) is 14.7 Å². The van der Waals surface area contributed by atoms with Gasteiger partial charge in [0, 0.05) is 30.8 Å². The van der Waals surface area contributed by atoms with E-state index in [2.05, 4.69) is 11.2 Å². The summed E-state index contributed by atoms with van der Waals surface area (Å²) in [6.07, 6.45) is 3.92. The fourth-order valence-electron chi connectivity index (χ4n) is 2.62. The third-order valence-electron chi connectivity index (χ3n) is 3.28. The van der Waals surface area contributed by atoms with Gasteiger partial charge in [0.1, 0.15) is 0 Å². The van der Waals surface area contributed by atoms with Crippen LogP contribution >= 0.6 is 0 Å². The third-order valence-corrected chi connectivity index (χ3v) is 3.28. The normalized spacial score (nSPS) is 24.4. The Hall–Kier alpha value is -1.83. The van der Waals surface area contributed by atoms with Crippen molar-refractivity contribution in [2.24, 2.45) is 13.0 Å². The van der Waals surface area contributed by atoms with Gasteiger partial charge >= 0.3 is 0 Å². The van der Waals surface area contributed by atoms with Gasteiger partial charge in [-0.3, -0.25) is 9.48 Å². The molecule has 1 aromatic heterocycles. The lowest BCUT2D eigenvalue weighted by Crippen LogP contribution is -2.44. The molecule has 0 aromatic carbocycles. The van der Waals surface area contributed by atoms with E-state index in [-0.39, 0.29) is 23.4 Å². The number of rotatable bonds is 1. The lowest BCUT2D eigenvalue weighted by Gasteiger charge is -2.37.